The highest BCUT2D eigenvalue weighted by Gasteiger charge is 2.10. The molecule has 0 aliphatic rings. The van der Waals surface area contributed by atoms with Gasteiger partial charge in [-0.1, -0.05) is 0 Å². The van der Waals surface area contributed by atoms with Crippen LogP contribution in [-0.4, -0.2) is 33.2 Å². The van der Waals surface area contributed by atoms with Gasteiger partial charge in [-0.15, -0.1) is 0 Å². The van der Waals surface area contributed by atoms with Crippen LogP contribution in [0.4, 0.5) is 0 Å². The molecule has 0 spiro atoms. The third-order valence-corrected chi connectivity index (χ3v) is 1.43. The summed E-state index contributed by atoms with van der Waals surface area (Å²) in [6.45, 7) is 0. The Morgan fingerprint density at radius 2 is 1.35 bits per heavy atom. The van der Waals surface area contributed by atoms with Crippen LogP contribution >= 0.6 is 0 Å². The average molecular weight is 237 g/mol. The second-order valence-electron chi connectivity index (χ2n) is 2.59. The molecular formula is C10H7NO6. The van der Waals surface area contributed by atoms with Crippen LogP contribution in [0.25, 0.3) is 0 Å². The molecule has 0 aliphatic heterocycles. The number of aliphatic carboxylic acids is 3. The van der Waals surface area contributed by atoms with Gasteiger partial charge < -0.3 is 15.3 Å². The predicted molar refractivity (Wildman–Crippen MR) is 53.8 cm³/mol. The lowest BCUT2D eigenvalue weighted by molar-refractivity contribution is -0.133. The van der Waals surface area contributed by atoms with Gasteiger partial charge in [-0.05, 0) is 12.2 Å². The van der Waals surface area contributed by atoms with Crippen LogP contribution in [0, 0.1) is 11.3 Å². The first-order valence-electron chi connectivity index (χ1n) is 4.08. The summed E-state index contributed by atoms with van der Waals surface area (Å²) in [6.07, 6.45) is 2.60. The molecule has 3 N–H and O–H groups in total. The van der Waals surface area contributed by atoms with Gasteiger partial charge in [0.15, 0.2) is 0 Å². The van der Waals surface area contributed by atoms with E-state index in [0.717, 1.165) is 6.08 Å². The van der Waals surface area contributed by atoms with Gasteiger partial charge in [0.25, 0.3) is 0 Å². The van der Waals surface area contributed by atoms with Crippen molar-refractivity contribution < 1.29 is 29.7 Å². The molecule has 0 saturated heterocycles. The average Bonchev–Trinajstić information content (AvgIpc) is 2.21. The molecule has 0 fully saturated rings. The van der Waals surface area contributed by atoms with Crippen molar-refractivity contribution in [3.05, 3.63) is 35.5 Å². The number of carboxylic acids is 3. The fourth-order valence-electron chi connectivity index (χ4n) is 0.773. The number of hydrogen-bond donors (Lipinski definition) is 3. The van der Waals surface area contributed by atoms with Gasteiger partial charge in [-0.2, -0.15) is 5.26 Å². The molecule has 0 atom stereocenters. The maximum absolute atomic E-state index is 10.7. The second-order valence-corrected chi connectivity index (χ2v) is 2.59. The number of carbonyl (C=O) groups is 3. The van der Waals surface area contributed by atoms with Gasteiger partial charge in [0, 0.05) is 12.2 Å². The number of carboxylic acid groups (broad SMARTS) is 3. The van der Waals surface area contributed by atoms with E-state index >= 15 is 0 Å². The van der Waals surface area contributed by atoms with Crippen molar-refractivity contribution in [2.45, 2.75) is 0 Å². The minimum absolute atomic E-state index is 0.461. The van der Waals surface area contributed by atoms with E-state index in [4.69, 9.17) is 20.6 Å². The quantitative estimate of drug-likeness (QED) is 0.352. The molecule has 7 heteroatoms. The third kappa shape index (κ3) is 5.54. The maximum atomic E-state index is 10.7. The number of nitriles is 1. The molecule has 0 aromatic carbocycles. The molecule has 0 unspecified atom stereocenters. The Kier molecular flexibility index (Phi) is 5.46. The van der Waals surface area contributed by atoms with Gasteiger partial charge in [-0.25, -0.2) is 14.4 Å². The summed E-state index contributed by atoms with van der Waals surface area (Å²) < 4.78 is 0. The smallest absolute Gasteiger partial charge is 0.337 e. The van der Waals surface area contributed by atoms with E-state index in [-0.39, 0.29) is 0 Å². The second kappa shape index (κ2) is 6.58. The number of allylic oxidation sites excluding steroid dienone is 2. The highest BCUT2D eigenvalue weighted by molar-refractivity contribution is 5.95. The summed E-state index contributed by atoms with van der Waals surface area (Å²) in [5, 5.41) is 34.0. The zero-order valence-corrected chi connectivity index (χ0v) is 8.32. The summed E-state index contributed by atoms with van der Waals surface area (Å²) in [5.41, 5.74) is -1.06. The molecular weight excluding hydrogens is 230 g/mol. The lowest BCUT2D eigenvalue weighted by Gasteiger charge is -1.95. The number of rotatable bonds is 5. The van der Waals surface area contributed by atoms with Crippen molar-refractivity contribution in [3.8, 4) is 6.07 Å². The lowest BCUT2D eigenvalue weighted by Crippen LogP contribution is -2.02. The van der Waals surface area contributed by atoms with Crippen LogP contribution in [0.2, 0.25) is 0 Å². The minimum Gasteiger partial charge on any atom is -0.478 e. The van der Waals surface area contributed by atoms with Crippen molar-refractivity contribution in [1.82, 2.24) is 0 Å². The Balaban J connectivity index is 5.50. The summed E-state index contributed by atoms with van der Waals surface area (Å²) in [4.78, 5) is 31.1. The molecule has 17 heavy (non-hydrogen) atoms. The van der Waals surface area contributed by atoms with Crippen molar-refractivity contribution in [1.29, 1.82) is 5.26 Å². The maximum Gasteiger partial charge on any atom is 0.337 e. The van der Waals surface area contributed by atoms with Crippen LogP contribution in [0.1, 0.15) is 0 Å². The topological polar surface area (TPSA) is 136 Å². The van der Waals surface area contributed by atoms with Crippen molar-refractivity contribution in [2.75, 3.05) is 0 Å². The van der Waals surface area contributed by atoms with E-state index in [1.54, 1.807) is 0 Å². The Labute approximate surface area is 95.2 Å². The highest BCUT2D eigenvalue weighted by Crippen LogP contribution is 2.08. The van der Waals surface area contributed by atoms with Crippen molar-refractivity contribution in [2.24, 2.45) is 0 Å². The Hall–Kier alpha value is -2.88. The Morgan fingerprint density at radius 3 is 1.71 bits per heavy atom. The molecule has 0 saturated carbocycles. The Morgan fingerprint density at radius 1 is 0.882 bits per heavy atom. The van der Waals surface area contributed by atoms with E-state index in [2.05, 4.69) is 0 Å². The van der Waals surface area contributed by atoms with Crippen LogP contribution in [-0.2, 0) is 14.4 Å². The fraction of sp³-hybridized carbons (Fsp3) is 0. The number of nitrogens with zero attached hydrogens (tertiary/aromatic N) is 1. The molecule has 7 nitrogen and oxygen atoms in total. The van der Waals surface area contributed by atoms with E-state index < -0.39 is 29.1 Å². The lowest BCUT2D eigenvalue weighted by atomic mass is 10.1. The summed E-state index contributed by atoms with van der Waals surface area (Å²) in [5.74, 6) is -4.28. The van der Waals surface area contributed by atoms with Gasteiger partial charge in [0.2, 0.25) is 0 Å². The molecule has 0 heterocycles. The minimum atomic E-state index is -1.53. The van der Waals surface area contributed by atoms with E-state index in [9.17, 15) is 14.4 Å². The summed E-state index contributed by atoms with van der Waals surface area (Å²) in [7, 11) is 0. The largest absolute Gasteiger partial charge is 0.478 e. The van der Waals surface area contributed by atoms with Crippen molar-refractivity contribution in [3.63, 3.8) is 0 Å². The first kappa shape index (κ1) is 14.1. The van der Waals surface area contributed by atoms with Crippen LogP contribution in [0.3, 0.4) is 0 Å². The van der Waals surface area contributed by atoms with Gasteiger partial charge >= 0.3 is 17.9 Å². The third-order valence-electron chi connectivity index (χ3n) is 1.43. The zero-order valence-electron chi connectivity index (χ0n) is 8.32. The van der Waals surface area contributed by atoms with Crippen molar-refractivity contribution >= 4 is 17.9 Å². The van der Waals surface area contributed by atoms with E-state index in [0.29, 0.717) is 18.2 Å². The molecule has 0 aromatic heterocycles. The zero-order chi connectivity index (χ0) is 13.4. The van der Waals surface area contributed by atoms with E-state index in [1.165, 1.54) is 6.07 Å². The van der Waals surface area contributed by atoms with Gasteiger partial charge in [0.1, 0.15) is 6.07 Å². The SMILES string of the molecule is N#CC(C=CC(=O)O)=C(C=CC(=O)O)C(=O)O. The molecule has 0 aliphatic carbocycles. The van der Waals surface area contributed by atoms with Gasteiger partial charge in [-0.3, -0.25) is 0 Å². The first-order chi connectivity index (χ1) is 7.88. The molecule has 0 bridgehead atoms. The molecule has 0 amide bonds. The van der Waals surface area contributed by atoms with Crippen LogP contribution in [0.15, 0.2) is 35.5 Å². The monoisotopic (exact) mass is 237 g/mol. The molecule has 0 rings (SSSR count). The molecule has 0 aromatic rings. The normalized spacial score (nSPS) is 12.2. The van der Waals surface area contributed by atoms with E-state index in [1.807, 2.05) is 0 Å². The predicted octanol–water partition coefficient (Wildman–Crippen LogP) is 0.173. The first-order valence-corrected chi connectivity index (χ1v) is 4.08. The highest BCUT2D eigenvalue weighted by atomic mass is 16.4. The Bertz CT molecular complexity index is 478. The fourth-order valence-corrected chi connectivity index (χ4v) is 0.773. The molecule has 0 radical (unpaired) electrons. The standard InChI is InChI=1S/C10H7NO6/c11-5-6(1-3-8(12)13)7(10(16)17)2-4-9(14)15/h1-4H,(H,12,13)(H,14,15)(H,16,17). The number of hydrogen-bond acceptors (Lipinski definition) is 4. The molecule has 88 valence electrons. The van der Waals surface area contributed by atoms with Crippen LogP contribution < -0.4 is 0 Å². The summed E-state index contributed by atoms with van der Waals surface area (Å²) >= 11 is 0. The van der Waals surface area contributed by atoms with Gasteiger partial charge in [0.05, 0.1) is 11.1 Å². The summed E-state index contributed by atoms with van der Waals surface area (Å²) in [6, 6.07) is 1.47. The van der Waals surface area contributed by atoms with Crippen LogP contribution in [0.5, 0.6) is 0 Å².